The molecule has 0 aromatic rings. The van der Waals surface area contributed by atoms with E-state index in [2.05, 4.69) is 11.8 Å². The molecule has 1 fully saturated rings. The minimum absolute atomic E-state index is 0.533. The van der Waals surface area contributed by atoms with E-state index in [1.54, 1.807) is 23.8 Å². The van der Waals surface area contributed by atoms with Crippen molar-refractivity contribution in [1.29, 1.82) is 0 Å². The number of hydrogen-bond donors (Lipinski definition) is 0. The molecule has 1 saturated heterocycles. The summed E-state index contributed by atoms with van der Waals surface area (Å²) in [7, 11) is -0.947. The first-order chi connectivity index (χ1) is 8.20. The van der Waals surface area contributed by atoms with Crippen molar-refractivity contribution in [1.82, 2.24) is 0 Å². The normalized spacial score (nSPS) is 30.8. The maximum absolute atomic E-state index is 10.7. The zero-order valence-corrected chi connectivity index (χ0v) is 10.5. The highest BCUT2D eigenvalue weighted by molar-refractivity contribution is 7.87. The lowest BCUT2D eigenvalue weighted by Gasteiger charge is -2.20. The van der Waals surface area contributed by atoms with Gasteiger partial charge in [0, 0.05) is 35.0 Å². The van der Waals surface area contributed by atoms with Gasteiger partial charge in [0.25, 0.3) is 0 Å². The van der Waals surface area contributed by atoms with Crippen molar-refractivity contribution in [2.45, 2.75) is 18.6 Å². The highest BCUT2D eigenvalue weighted by atomic mass is 32.2. The number of rotatable bonds is 1. The van der Waals surface area contributed by atoms with Gasteiger partial charge < -0.3 is 9.47 Å². The molecule has 0 N–H and O–H groups in total. The van der Waals surface area contributed by atoms with Crippen molar-refractivity contribution in [2.75, 3.05) is 12.9 Å². The van der Waals surface area contributed by atoms with Crippen molar-refractivity contribution in [2.24, 2.45) is 0 Å². The summed E-state index contributed by atoms with van der Waals surface area (Å²) in [5.41, 5.74) is 0. The zero-order valence-electron chi connectivity index (χ0n) is 9.64. The molecular weight excluding hydrogens is 236 g/mol. The van der Waals surface area contributed by atoms with Crippen LogP contribution in [0, 0.1) is 11.8 Å². The molecule has 0 amide bonds. The summed E-state index contributed by atoms with van der Waals surface area (Å²) in [6.45, 7) is 0.744. The summed E-state index contributed by atoms with van der Waals surface area (Å²) in [5, 5.41) is 1.54. The van der Waals surface area contributed by atoms with Gasteiger partial charge in [0.05, 0.1) is 6.61 Å². The third kappa shape index (κ3) is 3.32. The molecule has 0 saturated carbocycles. The van der Waals surface area contributed by atoms with Crippen LogP contribution < -0.4 is 0 Å². The Morgan fingerprint density at radius 3 is 3.12 bits per heavy atom. The quantitative estimate of drug-likeness (QED) is 0.666. The summed E-state index contributed by atoms with van der Waals surface area (Å²) < 4.78 is 21.9. The molecule has 0 aromatic heterocycles. The second kappa shape index (κ2) is 5.35. The van der Waals surface area contributed by atoms with E-state index in [1.807, 2.05) is 12.2 Å². The van der Waals surface area contributed by atoms with Crippen molar-refractivity contribution >= 4 is 10.8 Å². The van der Waals surface area contributed by atoms with E-state index in [1.165, 1.54) is 0 Å². The smallest absolute Gasteiger partial charge is 0.230 e. The number of ether oxygens (including phenoxy) is 2. The lowest BCUT2D eigenvalue weighted by Crippen LogP contribution is -2.24. The Morgan fingerprint density at radius 2 is 2.41 bits per heavy atom. The SMILES string of the molecule is CS(=O)C=CC#CC=C1C=CC2(CCCO2)O1. The Labute approximate surface area is 104 Å². The van der Waals surface area contributed by atoms with Crippen molar-refractivity contribution < 1.29 is 13.7 Å². The van der Waals surface area contributed by atoms with Gasteiger partial charge in [-0.3, -0.25) is 4.21 Å². The minimum Gasteiger partial charge on any atom is -0.458 e. The molecule has 2 aliphatic rings. The molecule has 2 heterocycles. The van der Waals surface area contributed by atoms with Gasteiger partial charge in [0.15, 0.2) is 0 Å². The standard InChI is InChI=1S/C13H14O3S/c1-17(14)11-4-2-3-6-12-7-9-13(16-12)8-5-10-15-13/h4,6-7,9,11H,5,8,10H2,1H3. The fraction of sp³-hybridized carbons (Fsp3) is 0.385. The van der Waals surface area contributed by atoms with Crippen molar-refractivity contribution in [3.05, 3.63) is 35.5 Å². The summed E-state index contributed by atoms with van der Waals surface area (Å²) in [4.78, 5) is 0. The zero-order chi connectivity index (χ0) is 12.1. The molecule has 1 spiro atoms. The monoisotopic (exact) mass is 250 g/mol. The van der Waals surface area contributed by atoms with Crippen LogP contribution in [0.5, 0.6) is 0 Å². The number of allylic oxidation sites excluding steroid dienone is 3. The van der Waals surface area contributed by atoms with Crippen LogP contribution in [0.4, 0.5) is 0 Å². The Bertz CT molecular complexity index is 457. The molecule has 2 atom stereocenters. The van der Waals surface area contributed by atoms with Crippen LogP contribution in [0.1, 0.15) is 12.8 Å². The number of hydrogen-bond acceptors (Lipinski definition) is 3. The van der Waals surface area contributed by atoms with Crippen LogP contribution in [-0.4, -0.2) is 22.9 Å². The van der Waals surface area contributed by atoms with Crippen molar-refractivity contribution in [3.8, 4) is 11.8 Å². The predicted octanol–water partition coefficient (Wildman–Crippen LogP) is 1.86. The highest BCUT2D eigenvalue weighted by Crippen LogP contribution is 2.35. The average Bonchev–Trinajstić information content (AvgIpc) is 2.89. The third-order valence-electron chi connectivity index (χ3n) is 2.45. The lowest BCUT2D eigenvalue weighted by molar-refractivity contribution is -0.135. The van der Waals surface area contributed by atoms with Gasteiger partial charge in [0.2, 0.25) is 5.79 Å². The second-order valence-corrected chi connectivity index (χ2v) is 5.11. The molecule has 2 aliphatic heterocycles. The first kappa shape index (κ1) is 12.2. The van der Waals surface area contributed by atoms with Gasteiger partial charge in [0.1, 0.15) is 5.76 Å². The Balaban J connectivity index is 1.93. The summed E-state index contributed by atoms with van der Waals surface area (Å²) >= 11 is 0. The van der Waals surface area contributed by atoms with Gasteiger partial charge in [-0.2, -0.15) is 0 Å². The van der Waals surface area contributed by atoms with E-state index < -0.39 is 16.6 Å². The van der Waals surface area contributed by atoms with Crippen LogP contribution in [0.3, 0.4) is 0 Å². The highest BCUT2D eigenvalue weighted by Gasteiger charge is 2.38. The molecule has 0 aliphatic carbocycles. The third-order valence-corrected chi connectivity index (χ3v) is 2.97. The first-order valence-corrected chi connectivity index (χ1v) is 7.05. The molecule has 0 aromatic carbocycles. The lowest BCUT2D eigenvalue weighted by atomic mass is 10.2. The van der Waals surface area contributed by atoms with Crippen LogP contribution in [0.2, 0.25) is 0 Å². The van der Waals surface area contributed by atoms with E-state index in [0.29, 0.717) is 5.76 Å². The van der Waals surface area contributed by atoms with E-state index in [-0.39, 0.29) is 0 Å². The summed E-state index contributed by atoms with van der Waals surface area (Å²) in [6.07, 6.45) is 10.6. The molecule has 4 heteroatoms. The largest absolute Gasteiger partial charge is 0.458 e. The maximum atomic E-state index is 10.7. The van der Waals surface area contributed by atoms with Crippen LogP contribution >= 0.6 is 0 Å². The van der Waals surface area contributed by atoms with Gasteiger partial charge in [-0.15, -0.1) is 0 Å². The molecule has 3 nitrogen and oxygen atoms in total. The maximum Gasteiger partial charge on any atom is 0.230 e. The molecular formula is C13H14O3S. The van der Waals surface area contributed by atoms with E-state index >= 15 is 0 Å². The first-order valence-electron chi connectivity index (χ1n) is 5.43. The Morgan fingerprint density at radius 1 is 1.53 bits per heavy atom. The minimum atomic E-state index is -0.947. The fourth-order valence-corrected chi connectivity index (χ4v) is 1.95. The molecule has 90 valence electrons. The molecule has 0 radical (unpaired) electrons. The topological polar surface area (TPSA) is 35.5 Å². The van der Waals surface area contributed by atoms with Crippen molar-refractivity contribution in [3.63, 3.8) is 0 Å². The fourth-order valence-electron chi connectivity index (χ4n) is 1.69. The summed E-state index contributed by atoms with van der Waals surface area (Å²) in [5.74, 6) is 5.77. The average molecular weight is 250 g/mol. The van der Waals surface area contributed by atoms with Crippen LogP contribution in [-0.2, 0) is 20.3 Å². The van der Waals surface area contributed by atoms with E-state index in [0.717, 1.165) is 19.4 Å². The second-order valence-electron chi connectivity index (χ2n) is 3.84. The molecule has 2 rings (SSSR count). The van der Waals surface area contributed by atoms with Gasteiger partial charge in [-0.1, -0.05) is 11.8 Å². The van der Waals surface area contributed by atoms with E-state index in [9.17, 15) is 4.21 Å². The van der Waals surface area contributed by atoms with Crippen LogP contribution in [0.25, 0.3) is 0 Å². The van der Waals surface area contributed by atoms with Gasteiger partial charge >= 0.3 is 0 Å². The molecule has 2 unspecified atom stereocenters. The molecule has 17 heavy (non-hydrogen) atoms. The molecule has 0 bridgehead atoms. The predicted molar refractivity (Wildman–Crippen MR) is 67.2 cm³/mol. The van der Waals surface area contributed by atoms with E-state index in [4.69, 9.17) is 9.47 Å². The van der Waals surface area contributed by atoms with Crippen LogP contribution in [0.15, 0.2) is 35.5 Å². The van der Waals surface area contributed by atoms with Gasteiger partial charge in [-0.05, 0) is 24.6 Å². The Kier molecular flexibility index (Phi) is 3.82. The summed E-state index contributed by atoms with van der Waals surface area (Å²) in [6, 6.07) is 0. The van der Waals surface area contributed by atoms with Gasteiger partial charge in [-0.25, -0.2) is 0 Å². The Hall–Kier alpha value is -1.31.